The van der Waals surface area contributed by atoms with Crippen LogP contribution in [0.15, 0.2) is 30.3 Å². The van der Waals surface area contributed by atoms with E-state index in [0.717, 1.165) is 11.8 Å². The third-order valence-electron chi connectivity index (χ3n) is 4.83. The van der Waals surface area contributed by atoms with Crippen molar-refractivity contribution >= 4 is 0 Å². The van der Waals surface area contributed by atoms with Crippen molar-refractivity contribution in [3.8, 4) is 0 Å². The van der Waals surface area contributed by atoms with Gasteiger partial charge in [-0.05, 0) is 69.3 Å². The molecule has 2 saturated heterocycles. The second-order valence-corrected chi connectivity index (χ2v) is 6.18. The molecule has 0 bridgehead atoms. The van der Waals surface area contributed by atoms with Crippen LogP contribution >= 0.6 is 0 Å². The lowest BCUT2D eigenvalue weighted by atomic mass is 9.88. The van der Waals surface area contributed by atoms with Crippen LogP contribution in [0.5, 0.6) is 0 Å². The Morgan fingerprint density at radius 2 is 1.63 bits per heavy atom. The molecule has 2 heteroatoms. The monoisotopic (exact) mass is 258 g/mol. The van der Waals surface area contributed by atoms with E-state index in [4.69, 9.17) is 0 Å². The molecule has 1 N–H and O–H groups in total. The number of piperidine rings is 2. The number of nitrogens with zero attached hydrogens (tertiary/aromatic N) is 1. The van der Waals surface area contributed by atoms with E-state index in [2.05, 4.69) is 40.5 Å². The Kier molecular flexibility index (Phi) is 4.52. The Hall–Kier alpha value is -0.860. The van der Waals surface area contributed by atoms with Crippen molar-refractivity contribution < 1.29 is 0 Å². The molecule has 0 saturated carbocycles. The topological polar surface area (TPSA) is 15.3 Å². The summed E-state index contributed by atoms with van der Waals surface area (Å²) < 4.78 is 0. The molecule has 0 aliphatic carbocycles. The summed E-state index contributed by atoms with van der Waals surface area (Å²) in [5.41, 5.74) is 1.55. The fraction of sp³-hybridized carbons (Fsp3) is 0.647. The van der Waals surface area contributed by atoms with E-state index in [9.17, 15) is 0 Å². The average Bonchev–Trinajstić information content (AvgIpc) is 2.50. The minimum absolute atomic E-state index is 0.797. The van der Waals surface area contributed by atoms with Gasteiger partial charge in [0.15, 0.2) is 0 Å². The molecule has 2 fully saturated rings. The summed E-state index contributed by atoms with van der Waals surface area (Å²) in [5, 5.41) is 3.46. The lowest BCUT2D eigenvalue weighted by Gasteiger charge is -2.35. The molecule has 0 radical (unpaired) electrons. The van der Waals surface area contributed by atoms with Crippen LogP contribution in [0, 0.1) is 5.92 Å². The maximum absolute atomic E-state index is 3.46. The molecular formula is C17H26N2. The van der Waals surface area contributed by atoms with Crippen LogP contribution < -0.4 is 5.32 Å². The van der Waals surface area contributed by atoms with Crippen molar-refractivity contribution in [3.05, 3.63) is 35.9 Å². The van der Waals surface area contributed by atoms with Crippen LogP contribution in [0.25, 0.3) is 0 Å². The quantitative estimate of drug-likeness (QED) is 0.897. The summed E-state index contributed by atoms with van der Waals surface area (Å²) in [5.74, 6) is 1.74. The molecule has 0 unspecified atom stereocenters. The van der Waals surface area contributed by atoms with Gasteiger partial charge in [0.25, 0.3) is 0 Å². The van der Waals surface area contributed by atoms with Crippen molar-refractivity contribution in [2.45, 2.75) is 31.6 Å². The third-order valence-corrected chi connectivity index (χ3v) is 4.83. The van der Waals surface area contributed by atoms with Gasteiger partial charge in [0.05, 0.1) is 0 Å². The smallest absolute Gasteiger partial charge is 0.00106 e. The number of hydrogen-bond acceptors (Lipinski definition) is 2. The van der Waals surface area contributed by atoms with Crippen LogP contribution in [0.4, 0.5) is 0 Å². The summed E-state index contributed by atoms with van der Waals surface area (Å²) in [4.78, 5) is 2.70. The lowest BCUT2D eigenvalue weighted by Crippen LogP contribution is -2.39. The highest BCUT2D eigenvalue weighted by Gasteiger charge is 2.23. The van der Waals surface area contributed by atoms with E-state index in [0.29, 0.717) is 0 Å². The van der Waals surface area contributed by atoms with E-state index >= 15 is 0 Å². The maximum Gasteiger partial charge on any atom is 0.00106 e. The van der Waals surface area contributed by atoms with Crippen LogP contribution in [0.2, 0.25) is 0 Å². The van der Waals surface area contributed by atoms with Crippen molar-refractivity contribution in [1.82, 2.24) is 10.2 Å². The first-order valence-electron chi connectivity index (χ1n) is 7.90. The summed E-state index contributed by atoms with van der Waals surface area (Å²) >= 11 is 0. The van der Waals surface area contributed by atoms with Crippen molar-refractivity contribution in [2.75, 3.05) is 32.7 Å². The normalized spacial score (nSPS) is 23.6. The first-order valence-corrected chi connectivity index (χ1v) is 7.90. The van der Waals surface area contributed by atoms with Gasteiger partial charge in [-0.1, -0.05) is 30.3 Å². The van der Waals surface area contributed by atoms with Crippen LogP contribution in [0.3, 0.4) is 0 Å². The van der Waals surface area contributed by atoms with Gasteiger partial charge in [-0.2, -0.15) is 0 Å². The van der Waals surface area contributed by atoms with E-state index in [1.165, 1.54) is 58.4 Å². The standard InChI is InChI=1S/C17H26N2/c1-2-4-16(5-3-1)17-8-12-19(13-9-17)14-15-6-10-18-11-7-15/h1-5,15,17-18H,6-14H2. The Balaban J connectivity index is 1.46. The summed E-state index contributed by atoms with van der Waals surface area (Å²) in [7, 11) is 0. The molecule has 0 aromatic heterocycles. The Morgan fingerprint density at radius 3 is 2.32 bits per heavy atom. The van der Waals surface area contributed by atoms with Crippen LogP contribution in [-0.2, 0) is 0 Å². The lowest BCUT2D eigenvalue weighted by molar-refractivity contribution is 0.167. The minimum atomic E-state index is 0.797. The predicted octanol–water partition coefficient (Wildman–Crippen LogP) is 2.87. The highest BCUT2D eigenvalue weighted by molar-refractivity contribution is 5.19. The van der Waals surface area contributed by atoms with Gasteiger partial charge in [-0.25, -0.2) is 0 Å². The van der Waals surface area contributed by atoms with Gasteiger partial charge in [0.2, 0.25) is 0 Å². The summed E-state index contributed by atoms with van der Waals surface area (Å²) in [6.07, 6.45) is 5.43. The number of rotatable bonds is 3. The maximum atomic E-state index is 3.46. The molecule has 104 valence electrons. The molecule has 0 atom stereocenters. The Labute approximate surface area is 117 Å². The SMILES string of the molecule is c1ccc(C2CCN(CC3CCNCC3)CC2)cc1. The molecule has 1 aromatic carbocycles. The molecule has 19 heavy (non-hydrogen) atoms. The van der Waals surface area contributed by atoms with Gasteiger partial charge >= 0.3 is 0 Å². The molecule has 3 rings (SSSR count). The van der Waals surface area contributed by atoms with Gasteiger partial charge in [-0.15, -0.1) is 0 Å². The van der Waals surface area contributed by atoms with Gasteiger partial charge in [-0.3, -0.25) is 0 Å². The molecule has 0 spiro atoms. The Morgan fingerprint density at radius 1 is 0.947 bits per heavy atom. The van der Waals surface area contributed by atoms with E-state index in [1.54, 1.807) is 5.56 Å². The van der Waals surface area contributed by atoms with Gasteiger partial charge in [0.1, 0.15) is 0 Å². The first-order chi connectivity index (χ1) is 9.42. The second kappa shape index (κ2) is 6.53. The number of likely N-dealkylation sites (tertiary alicyclic amines) is 1. The molecule has 2 aliphatic heterocycles. The van der Waals surface area contributed by atoms with Crippen molar-refractivity contribution in [1.29, 1.82) is 0 Å². The van der Waals surface area contributed by atoms with Crippen LogP contribution in [-0.4, -0.2) is 37.6 Å². The molecule has 2 aliphatic rings. The highest BCUT2D eigenvalue weighted by atomic mass is 15.1. The predicted molar refractivity (Wildman–Crippen MR) is 80.5 cm³/mol. The Bertz CT molecular complexity index is 362. The fourth-order valence-electron chi connectivity index (χ4n) is 3.60. The third kappa shape index (κ3) is 3.58. The largest absolute Gasteiger partial charge is 0.317 e. The van der Waals surface area contributed by atoms with E-state index in [1.807, 2.05) is 0 Å². The van der Waals surface area contributed by atoms with Crippen molar-refractivity contribution in [3.63, 3.8) is 0 Å². The molecular weight excluding hydrogens is 232 g/mol. The summed E-state index contributed by atoms with van der Waals surface area (Å²) in [6, 6.07) is 11.1. The van der Waals surface area contributed by atoms with Crippen molar-refractivity contribution in [2.24, 2.45) is 5.92 Å². The summed E-state index contributed by atoms with van der Waals surface area (Å²) in [6.45, 7) is 6.38. The number of hydrogen-bond donors (Lipinski definition) is 1. The van der Waals surface area contributed by atoms with E-state index in [-0.39, 0.29) is 0 Å². The van der Waals surface area contributed by atoms with Gasteiger partial charge < -0.3 is 10.2 Å². The molecule has 0 amide bonds. The molecule has 1 aromatic rings. The average molecular weight is 258 g/mol. The highest BCUT2D eigenvalue weighted by Crippen LogP contribution is 2.28. The fourth-order valence-corrected chi connectivity index (χ4v) is 3.60. The number of benzene rings is 1. The zero-order valence-electron chi connectivity index (χ0n) is 11.9. The van der Waals surface area contributed by atoms with Crippen LogP contribution in [0.1, 0.15) is 37.2 Å². The number of nitrogens with one attached hydrogen (secondary N) is 1. The molecule has 2 heterocycles. The second-order valence-electron chi connectivity index (χ2n) is 6.18. The first kappa shape index (κ1) is 13.1. The molecule has 2 nitrogen and oxygen atoms in total. The van der Waals surface area contributed by atoms with E-state index < -0.39 is 0 Å². The van der Waals surface area contributed by atoms with Gasteiger partial charge in [0, 0.05) is 6.54 Å². The minimum Gasteiger partial charge on any atom is -0.317 e. The zero-order valence-corrected chi connectivity index (χ0v) is 11.9. The zero-order chi connectivity index (χ0) is 12.9.